The Balaban J connectivity index is 1.39. The number of likely N-dealkylation sites (tertiary alicyclic amines) is 1. The summed E-state index contributed by atoms with van der Waals surface area (Å²) in [5, 5.41) is 26.8. The first-order chi connectivity index (χ1) is 21.3. The zero-order valence-electron chi connectivity index (χ0n) is 25.1. The number of phenols is 1. The number of halogens is 2. The van der Waals surface area contributed by atoms with Gasteiger partial charge in [-0.15, -0.1) is 0 Å². The Hall–Kier alpha value is -4.71. The fourth-order valence-electron chi connectivity index (χ4n) is 5.68. The van der Waals surface area contributed by atoms with Crippen molar-refractivity contribution >= 4 is 17.7 Å². The van der Waals surface area contributed by atoms with Gasteiger partial charge >= 0.3 is 0 Å². The molecule has 12 heteroatoms. The molecular formula is C33H35F2N3O7. The summed E-state index contributed by atoms with van der Waals surface area (Å²) in [7, 11) is 0. The van der Waals surface area contributed by atoms with Crippen LogP contribution in [0.3, 0.4) is 0 Å². The molecule has 1 saturated heterocycles. The zero-order valence-corrected chi connectivity index (χ0v) is 25.1. The molecule has 2 heterocycles. The molecule has 3 amide bonds. The third-order valence-corrected chi connectivity index (χ3v) is 8.54. The second-order valence-corrected chi connectivity index (χ2v) is 11.9. The first-order valence-electron chi connectivity index (χ1n) is 14.5. The van der Waals surface area contributed by atoms with Crippen LogP contribution in [0.5, 0.6) is 17.2 Å². The molecule has 3 aromatic rings. The quantitative estimate of drug-likeness (QED) is 0.287. The standard InChI is InChI=1S/C33H35F2N3O7/c1-19-22(10-7-11-24(19)39)29(41)37-23(14-20-8-5-4-6-9-20)27(40)31(43)38-17-33(34,35)32(2,3)28(38)30(42)36-16-21-12-13-25-26(15-21)45-18-44-25/h4-13,15,23,27-28,39-40H,14,16-18H2,1-3H3,(H,36,42)(H,37,41)/t23-,27-,28+/m0/s1. The highest BCUT2D eigenvalue weighted by molar-refractivity contribution is 5.97. The molecule has 2 aliphatic heterocycles. The van der Waals surface area contributed by atoms with Gasteiger partial charge in [0, 0.05) is 17.7 Å². The molecule has 4 N–H and O–H groups in total. The number of aromatic hydroxyl groups is 1. The number of rotatable bonds is 9. The largest absolute Gasteiger partial charge is 0.508 e. The highest BCUT2D eigenvalue weighted by Crippen LogP contribution is 2.48. The monoisotopic (exact) mass is 623 g/mol. The maximum atomic E-state index is 15.4. The van der Waals surface area contributed by atoms with Crippen molar-refractivity contribution < 1.29 is 42.9 Å². The molecule has 238 valence electrons. The lowest BCUT2D eigenvalue weighted by molar-refractivity contribution is -0.148. The zero-order chi connectivity index (χ0) is 32.5. The number of fused-ring (bicyclic) bond motifs is 1. The van der Waals surface area contributed by atoms with Crippen LogP contribution in [-0.2, 0) is 22.6 Å². The number of hydrogen-bond acceptors (Lipinski definition) is 7. The van der Waals surface area contributed by atoms with Crippen molar-refractivity contribution in [1.29, 1.82) is 0 Å². The van der Waals surface area contributed by atoms with E-state index < -0.39 is 53.8 Å². The van der Waals surface area contributed by atoms with E-state index in [0.717, 1.165) is 0 Å². The number of amides is 3. The lowest BCUT2D eigenvalue weighted by Gasteiger charge is -2.34. The second-order valence-electron chi connectivity index (χ2n) is 11.9. The molecule has 0 aromatic heterocycles. The van der Waals surface area contributed by atoms with Crippen molar-refractivity contribution in [1.82, 2.24) is 15.5 Å². The summed E-state index contributed by atoms with van der Waals surface area (Å²) >= 11 is 0. The van der Waals surface area contributed by atoms with Gasteiger partial charge < -0.3 is 35.2 Å². The molecule has 0 bridgehead atoms. The van der Waals surface area contributed by atoms with Crippen LogP contribution in [0.15, 0.2) is 66.7 Å². The van der Waals surface area contributed by atoms with Gasteiger partial charge in [-0.3, -0.25) is 14.4 Å². The highest BCUT2D eigenvalue weighted by atomic mass is 19.3. The first kappa shape index (κ1) is 31.7. The van der Waals surface area contributed by atoms with Crippen LogP contribution in [0.4, 0.5) is 8.78 Å². The third kappa shape index (κ3) is 6.28. The lowest BCUT2D eigenvalue weighted by atomic mass is 9.81. The maximum Gasteiger partial charge on any atom is 0.272 e. The minimum atomic E-state index is -3.47. The van der Waals surface area contributed by atoms with Crippen molar-refractivity contribution in [2.75, 3.05) is 13.3 Å². The normalized spacial score (nSPS) is 19.1. The number of nitrogens with zero attached hydrogens (tertiary/aromatic N) is 1. The van der Waals surface area contributed by atoms with Gasteiger partial charge in [0.15, 0.2) is 17.6 Å². The number of aliphatic hydroxyl groups is 1. The molecule has 0 aliphatic carbocycles. The summed E-state index contributed by atoms with van der Waals surface area (Å²) in [6.07, 6.45) is -2.01. The average molecular weight is 624 g/mol. The number of phenolic OH excluding ortho intramolecular Hbond substituents is 1. The van der Waals surface area contributed by atoms with E-state index in [4.69, 9.17) is 9.47 Å². The molecule has 0 spiro atoms. The predicted octanol–water partition coefficient (Wildman–Crippen LogP) is 3.32. The van der Waals surface area contributed by atoms with E-state index in [1.54, 1.807) is 55.5 Å². The number of alkyl halides is 2. The summed E-state index contributed by atoms with van der Waals surface area (Å²) in [6.45, 7) is 2.87. The smallest absolute Gasteiger partial charge is 0.272 e. The lowest BCUT2D eigenvalue weighted by Crippen LogP contribution is -2.57. The molecule has 5 rings (SSSR count). The Morgan fingerprint density at radius 2 is 1.71 bits per heavy atom. The molecule has 10 nitrogen and oxygen atoms in total. The number of carbonyl (C=O) groups is 3. The molecule has 0 radical (unpaired) electrons. The summed E-state index contributed by atoms with van der Waals surface area (Å²) in [5.74, 6) is -5.19. The Bertz CT molecular complexity index is 1600. The fraction of sp³-hybridized carbons (Fsp3) is 0.364. The summed E-state index contributed by atoms with van der Waals surface area (Å²) in [4.78, 5) is 41.3. The molecule has 2 aliphatic rings. The molecule has 0 unspecified atom stereocenters. The minimum Gasteiger partial charge on any atom is -0.508 e. The average Bonchev–Trinajstić information content (AvgIpc) is 3.55. The van der Waals surface area contributed by atoms with Crippen LogP contribution in [0.2, 0.25) is 0 Å². The van der Waals surface area contributed by atoms with Crippen LogP contribution in [0.1, 0.15) is 40.9 Å². The molecule has 0 saturated carbocycles. The van der Waals surface area contributed by atoms with E-state index in [0.29, 0.717) is 27.5 Å². The molecule has 3 atom stereocenters. The van der Waals surface area contributed by atoms with Crippen LogP contribution in [-0.4, -0.2) is 70.3 Å². The van der Waals surface area contributed by atoms with Crippen molar-refractivity contribution in [3.63, 3.8) is 0 Å². The van der Waals surface area contributed by atoms with Crippen LogP contribution in [0, 0.1) is 12.3 Å². The van der Waals surface area contributed by atoms with Crippen LogP contribution >= 0.6 is 0 Å². The van der Waals surface area contributed by atoms with Gasteiger partial charge in [-0.05, 0) is 48.7 Å². The molecule has 45 heavy (non-hydrogen) atoms. The molecule has 3 aromatic carbocycles. The van der Waals surface area contributed by atoms with Gasteiger partial charge in [0.05, 0.1) is 18.0 Å². The minimum absolute atomic E-state index is 0.0219. The van der Waals surface area contributed by atoms with Gasteiger partial charge in [0.2, 0.25) is 12.7 Å². The van der Waals surface area contributed by atoms with Crippen molar-refractivity contribution in [3.05, 3.63) is 89.0 Å². The SMILES string of the molecule is Cc1c(O)cccc1C(=O)N[C@@H](Cc1ccccc1)[C@H](O)C(=O)N1CC(F)(F)C(C)(C)[C@H]1C(=O)NCc1ccc2c(c1)OCO2. The fourth-order valence-corrected chi connectivity index (χ4v) is 5.68. The van der Waals surface area contributed by atoms with Crippen molar-refractivity contribution in [3.8, 4) is 17.2 Å². The Morgan fingerprint density at radius 1 is 1.00 bits per heavy atom. The van der Waals surface area contributed by atoms with E-state index in [2.05, 4.69) is 10.6 Å². The number of ether oxygens (including phenoxy) is 2. The summed E-state index contributed by atoms with van der Waals surface area (Å²) < 4.78 is 41.5. The van der Waals surface area contributed by atoms with E-state index in [1.807, 2.05) is 0 Å². The first-order valence-corrected chi connectivity index (χ1v) is 14.5. The third-order valence-electron chi connectivity index (χ3n) is 8.54. The molecular weight excluding hydrogens is 588 g/mol. The topological polar surface area (TPSA) is 137 Å². The number of benzene rings is 3. The van der Waals surface area contributed by atoms with Gasteiger partial charge in [0.1, 0.15) is 11.8 Å². The van der Waals surface area contributed by atoms with Crippen LogP contribution < -0.4 is 20.1 Å². The number of aliphatic hydroxyl groups excluding tert-OH is 1. The van der Waals surface area contributed by atoms with Gasteiger partial charge in [-0.25, -0.2) is 8.78 Å². The van der Waals surface area contributed by atoms with Gasteiger partial charge in [0.25, 0.3) is 17.7 Å². The van der Waals surface area contributed by atoms with Gasteiger partial charge in [-0.1, -0.05) is 56.3 Å². The summed E-state index contributed by atoms with van der Waals surface area (Å²) in [5.41, 5.74) is -0.303. The van der Waals surface area contributed by atoms with Crippen molar-refractivity contribution in [2.24, 2.45) is 5.41 Å². The highest BCUT2D eigenvalue weighted by Gasteiger charge is 2.64. The Kier molecular flexibility index (Phi) is 8.70. The number of carbonyl (C=O) groups excluding carboxylic acids is 3. The van der Waals surface area contributed by atoms with Crippen LogP contribution in [0.25, 0.3) is 0 Å². The van der Waals surface area contributed by atoms with Crippen molar-refractivity contribution in [2.45, 2.75) is 57.8 Å². The predicted molar refractivity (Wildman–Crippen MR) is 159 cm³/mol. The van der Waals surface area contributed by atoms with Gasteiger partial charge in [-0.2, -0.15) is 0 Å². The number of hydrogen-bond donors (Lipinski definition) is 4. The maximum absolute atomic E-state index is 15.4. The Labute approximate surface area is 258 Å². The van der Waals surface area contributed by atoms with E-state index >= 15 is 8.78 Å². The number of nitrogens with one attached hydrogen (secondary N) is 2. The van der Waals surface area contributed by atoms with E-state index in [-0.39, 0.29) is 36.6 Å². The van der Waals surface area contributed by atoms with E-state index in [9.17, 15) is 24.6 Å². The second kappa shape index (κ2) is 12.4. The summed E-state index contributed by atoms with van der Waals surface area (Å²) in [6, 6.07) is 15.2. The Morgan fingerprint density at radius 3 is 2.44 bits per heavy atom. The molecule has 1 fully saturated rings. The van der Waals surface area contributed by atoms with E-state index in [1.165, 1.54) is 32.0 Å².